The van der Waals surface area contributed by atoms with E-state index in [1.54, 1.807) is 0 Å². The third-order valence-electron chi connectivity index (χ3n) is 2.30. The van der Waals surface area contributed by atoms with E-state index >= 15 is 0 Å². The number of carbonyl (C=O) groups excluding carboxylic acids is 1. The van der Waals surface area contributed by atoms with Crippen LogP contribution in [0.25, 0.3) is 0 Å². The molecule has 1 aromatic rings. The van der Waals surface area contributed by atoms with Crippen LogP contribution in [-0.4, -0.2) is 18.5 Å². The fraction of sp³-hybridized carbons (Fsp3) is 0.417. The van der Waals surface area contributed by atoms with E-state index in [2.05, 4.69) is 23.8 Å². The zero-order valence-corrected chi connectivity index (χ0v) is 9.75. The summed E-state index contributed by atoms with van der Waals surface area (Å²) in [6.07, 6.45) is 1.53. The van der Waals surface area contributed by atoms with Gasteiger partial charge in [-0.25, -0.2) is 0 Å². The monoisotopic (exact) mass is 226 g/mol. The Hall–Kier alpha value is -1.02. The minimum absolute atomic E-state index is 0.378. The standard InChI is InChI=1S/C12H15ClO2/c1-3-9-4-6-10(7-5-9)8-11(13)12(14)15-2/h4-7,11H,3,8H2,1-2H3. The molecule has 0 heterocycles. The summed E-state index contributed by atoms with van der Waals surface area (Å²) in [6.45, 7) is 2.10. The van der Waals surface area contributed by atoms with Crippen molar-refractivity contribution in [1.82, 2.24) is 0 Å². The van der Waals surface area contributed by atoms with Crippen molar-refractivity contribution in [3.63, 3.8) is 0 Å². The highest BCUT2D eigenvalue weighted by Crippen LogP contribution is 2.11. The molecule has 0 fully saturated rings. The Balaban J connectivity index is 2.60. The van der Waals surface area contributed by atoms with E-state index in [4.69, 9.17) is 11.6 Å². The van der Waals surface area contributed by atoms with Gasteiger partial charge in [-0.2, -0.15) is 0 Å². The number of aryl methyl sites for hydroxylation is 1. The molecule has 1 rings (SSSR count). The number of hydrogen-bond donors (Lipinski definition) is 0. The van der Waals surface area contributed by atoms with Crippen molar-refractivity contribution >= 4 is 17.6 Å². The number of hydrogen-bond acceptors (Lipinski definition) is 2. The van der Waals surface area contributed by atoms with Gasteiger partial charge in [0.05, 0.1) is 7.11 Å². The fourth-order valence-electron chi connectivity index (χ4n) is 1.33. The van der Waals surface area contributed by atoms with E-state index in [0.29, 0.717) is 6.42 Å². The van der Waals surface area contributed by atoms with Gasteiger partial charge in [0, 0.05) is 0 Å². The molecule has 0 amide bonds. The van der Waals surface area contributed by atoms with Crippen LogP contribution in [0.1, 0.15) is 18.1 Å². The van der Waals surface area contributed by atoms with E-state index in [1.165, 1.54) is 12.7 Å². The number of methoxy groups -OCH3 is 1. The molecule has 0 N–H and O–H groups in total. The van der Waals surface area contributed by atoms with E-state index in [-0.39, 0.29) is 5.97 Å². The number of alkyl halides is 1. The number of carbonyl (C=O) groups is 1. The molecule has 0 aliphatic carbocycles. The summed E-state index contributed by atoms with van der Waals surface area (Å²) in [6, 6.07) is 8.10. The molecule has 0 radical (unpaired) electrons. The normalized spacial score (nSPS) is 12.2. The molecule has 0 aliphatic heterocycles. The van der Waals surface area contributed by atoms with Crippen LogP contribution in [0.2, 0.25) is 0 Å². The van der Waals surface area contributed by atoms with Crippen molar-refractivity contribution in [3.05, 3.63) is 35.4 Å². The quantitative estimate of drug-likeness (QED) is 0.583. The van der Waals surface area contributed by atoms with Crippen LogP contribution in [-0.2, 0) is 22.4 Å². The third-order valence-corrected chi connectivity index (χ3v) is 2.64. The summed E-state index contributed by atoms with van der Waals surface area (Å²) in [5, 5.41) is -0.595. The zero-order valence-electron chi connectivity index (χ0n) is 9.00. The van der Waals surface area contributed by atoms with Gasteiger partial charge in [-0.1, -0.05) is 31.2 Å². The van der Waals surface area contributed by atoms with Gasteiger partial charge in [0.15, 0.2) is 0 Å². The number of esters is 1. The maximum absolute atomic E-state index is 11.1. The van der Waals surface area contributed by atoms with Gasteiger partial charge in [0.2, 0.25) is 0 Å². The van der Waals surface area contributed by atoms with Gasteiger partial charge in [0.25, 0.3) is 0 Å². The van der Waals surface area contributed by atoms with Crippen LogP contribution in [0.5, 0.6) is 0 Å². The molecule has 1 atom stereocenters. The summed E-state index contributed by atoms with van der Waals surface area (Å²) in [5.74, 6) is -0.378. The van der Waals surface area contributed by atoms with Crippen LogP contribution in [0.3, 0.4) is 0 Å². The van der Waals surface area contributed by atoms with E-state index in [1.807, 2.05) is 12.1 Å². The molecular formula is C12H15ClO2. The van der Waals surface area contributed by atoms with Gasteiger partial charge < -0.3 is 4.74 Å². The Morgan fingerprint density at radius 2 is 1.87 bits per heavy atom. The highest BCUT2D eigenvalue weighted by molar-refractivity contribution is 6.30. The molecule has 0 aliphatic rings. The van der Waals surface area contributed by atoms with Crippen LogP contribution in [0.4, 0.5) is 0 Å². The Morgan fingerprint density at radius 3 is 2.33 bits per heavy atom. The second-order valence-corrected chi connectivity index (χ2v) is 3.89. The Kier molecular flexibility index (Phi) is 4.63. The molecule has 82 valence electrons. The summed E-state index contributed by atoms with van der Waals surface area (Å²) in [5.41, 5.74) is 2.33. The molecule has 0 spiro atoms. The first-order valence-electron chi connectivity index (χ1n) is 4.97. The molecule has 0 aromatic heterocycles. The molecule has 3 heteroatoms. The Bertz CT molecular complexity index is 319. The maximum Gasteiger partial charge on any atom is 0.324 e. The first kappa shape index (κ1) is 12.1. The fourth-order valence-corrected chi connectivity index (χ4v) is 1.60. The average Bonchev–Trinajstić information content (AvgIpc) is 2.29. The maximum atomic E-state index is 11.1. The number of benzene rings is 1. The van der Waals surface area contributed by atoms with Crippen molar-refractivity contribution in [1.29, 1.82) is 0 Å². The minimum Gasteiger partial charge on any atom is -0.468 e. The summed E-state index contributed by atoms with van der Waals surface area (Å²) in [4.78, 5) is 11.1. The first-order chi connectivity index (χ1) is 7.17. The van der Waals surface area contributed by atoms with Gasteiger partial charge in [-0.3, -0.25) is 4.79 Å². The number of ether oxygens (including phenoxy) is 1. The first-order valence-corrected chi connectivity index (χ1v) is 5.40. The van der Waals surface area contributed by atoms with Crippen LogP contribution in [0.15, 0.2) is 24.3 Å². The molecule has 2 nitrogen and oxygen atoms in total. The Labute approximate surface area is 95.2 Å². The molecular weight excluding hydrogens is 212 g/mol. The smallest absolute Gasteiger partial charge is 0.324 e. The second-order valence-electron chi connectivity index (χ2n) is 3.36. The van der Waals surface area contributed by atoms with Crippen LogP contribution < -0.4 is 0 Å². The SMILES string of the molecule is CCc1ccc(CC(Cl)C(=O)OC)cc1. The number of rotatable bonds is 4. The molecule has 1 unspecified atom stereocenters. The van der Waals surface area contributed by atoms with Gasteiger partial charge in [-0.15, -0.1) is 11.6 Å². The topological polar surface area (TPSA) is 26.3 Å². The average molecular weight is 227 g/mol. The second kappa shape index (κ2) is 5.76. The van der Waals surface area contributed by atoms with Gasteiger partial charge in [0.1, 0.15) is 5.38 Å². The third kappa shape index (κ3) is 3.56. The van der Waals surface area contributed by atoms with Crippen LogP contribution >= 0.6 is 11.6 Å². The lowest BCUT2D eigenvalue weighted by atomic mass is 10.1. The van der Waals surface area contributed by atoms with Crippen molar-refractivity contribution < 1.29 is 9.53 Å². The largest absolute Gasteiger partial charge is 0.468 e. The lowest BCUT2D eigenvalue weighted by Crippen LogP contribution is -2.18. The number of halogens is 1. The predicted molar refractivity (Wildman–Crippen MR) is 61.2 cm³/mol. The minimum atomic E-state index is -0.595. The summed E-state index contributed by atoms with van der Waals surface area (Å²) in [7, 11) is 1.35. The van der Waals surface area contributed by atoms with Gasteiger partial charge in [-0.05, 0) is 24.0 Å². The van der Waals surface area contributed by atoms with E-state index in [9.17, 15) is 4.79 Å². The molecule has 0 bridgehead atoms. The van der Waals surface area contributed by atoms with Crippen molar-refractivity contribution in [3.8, 4) is 0 Å². The lowest BCUT2D eigenvalue weighted by Gasteiger charge is -2.07. The van der Waals surface area contributed by atoms with Crippen molar-refractivity contribution in [2.75, 3.05) is 7.11 Å². The predicted octanol–water partition coefficient (Wildman–Crippen LogP) is 2.57. The molecule has 0 saturated carbocycles. The summed E-state index contributed by atoms with van der Waals surface area (Å²) < 4.78 is 4.56. The Morgan fingerprint density at radius 1 is 1.33 bits per heavy atom. The molecule has 15 heavy (non-hydrogen) atoms. The van der Waals surface area contributed by atoms with E-state index < -0.39 is 5.38 Å². The summed E-state index contributed by atoms with van der Waals surface area (Å²) >= 11 is 5.87. The van der Waals surface area contributed by atoms with E-state index in [0.717, 1.165) is 12.0 Å². The molecule has 1 aromatic carbocycles. The zero-order chi connectivity index (χ0) is 11.3. The lowest BCUT2D eigenvalue weighted by molar-refractivity contribution is -0.140. The van der Waals surface area contributed by atoms with Gasteiger partial charge >= 0.3 is 5.97 Å². The molecule has 0 saturated heterocycles. The van der Waals surface area contributed by atoms with Crippen molar-refractivity contribution in [2.24, 2.45) is 0 Å². The highest BCUT2D eigenvalue weighted by Gasteiger charge is 2.15. The van der Waals surface area contributed by atoms with Crippen molar-refractivity contribution in [2.45, 2.75) is 25.1 Å². The highest BCUT2D eigenvalue weighted by atomic mass is 35.5. The van der Waals surface area contributed by atoms with Crippen LogP contribution in [0, 0.1) is 0 Å².